The Labute approximate surface area is 424 Å². The largest absolute Gasteiger partial charge is 0.420 e. The van der Waals surface area contributed by atoms with Gasteiger partial charge in [-0.3, -0.25) is 0 Å². The topological polar surface area (TPSA) is 9.86 Å². The van der Waals surface area contributed by atoms with Crippen LogP contribution in [-0.4, -0.2) is 9.13 Å². The molecule has 0 aliphatic carbocycles. The fourth-order valence-corrected chi connectivity index (χ4v) is 11.1. The van der Waals surface area contributed by atoms with Gasteiger partial charge in [-0.05, 0) is 154 Å². The molecule has 8 heteroatoms. The molecular weight excluding hydrogens is 935 g/mol. The molecule has 10 aromatic carbocycles. The Bertz CT molecular complexity index is 3780. The molecule has 0 saturated heterocycles. The molecular formula is C66H46F6N2. The zero-order valence-electron chi connectivity index (χ0n) is 40.8. The van der Waals surface area contributed by atoms with Crippen LogP contribution in [0.15, 0.2) is 206 Å². The second kappa shape index (κ2) is 17.6. The molecule has 12 rings (SSSR count). The van der Waals surface area contributed by atoms with Crippen LogP contribution in [0.25, 0.3) is 111 Å². The maximum absolute atomic E-state index is 17.3. The van der Waals surface area contributed by atoms with Gasteiger partial charge in [0.25, 0.3) is 0 Å². The first kappa shape index (κ1) is 46.5. The average Bonchev–Trinajstić information content (AvgIpc) is 3.89. The van der Waals surface area contributed by atoms with Crippen LogP contribution in [0.4, 0.5) is 26.3 Å². The number of aromatic nitrogens is 2. The molecule has 0 fully saturated rings. The van der Waals surface area contributed by atoms with Crippen LogP contribution in [0.1, 0.15) is 33.4 Å². The van der Waals surface area contributed by atoms with E-state index in [4.69, 9.17) is 0 Å². The first-order valence-electron chi connectivity index (χ1n) is 24.5. The Balaban J connectivity index is 1.28. The number of aryl methyl sites for hydroxylation is 4. The highest BCUT2D eigenvalue weighted by atomic mass is 19.4. The quantitative estimate of drug-likeness (QED) is 0.141. The summed E-state index contributed by atoms with van der Waals surface area (Å²) in [6.45, 7) is 7.99. The zero-order valence-corrected chi connectivity index (χ0v) is 40.8. The van der Waals surface area contributed by atoms with E-state index in [1.807, 2.05) is 198 Å². The van der Waals surface area contributed by atoms with Gasteiger partial charge in [0.1, 0.15) is 5.56 Å². The summed E-state index contributed by atoms with van der Waals surface area (Å²) in [4.78, 5) is 0. The molecule has 362 valence electrons. The van der Waals surface area contributed by atoms with Gasteiger partial charge in [-0.25, -0.2) is 0 Å². The van der Waals surface area contributed by atoms with Crippen LogP contribution < -0.4 is 0 Å². The lowest BCUT2D eigenvalue weighted by atomic mass is 9.97. The van der Waals surface area contributed by atoms with Crippen LogP contribution in [-0.2, 0) is 12.4 Å². The van der Waals surface area contributed by atoms with Gasteiger partial charge in [0.2, 0.25) is 0 Å². The second-order valence-corrected chi connectivity index (χ2v) is 19.3. The van der Waals surface area contributed by atoms with Gasteiger partial charge in [-0.2, -0.15) is 26.3 Å². The highest BCUT2D eigenvalue weighted by Crippen LogP contribution is 2.48. The predicted molar refractivity (Wildman–Crippen MR) is 291 cm³/mol. The van der Waals surface area contributed by atoms with Crippen molar-refractivity contribution in [1.29, 1.82) is 0 Å². The van der Waals surface area contributed by atoms with E-state index in [1.165, 1.54) is 24.3 Å². The Morgan fingerprint density at radius 2 is 0.608 bits per heavy atom. The minimum absolute atomic E-state index is 0.111. The summed E-state index contributed by atoms with van der Waals surface area (Å²) in [5.74, 6) is 0. The van der Waals surface area contributed by atoms with Crippen molar-refractivity contribution in [3.8, 4) is 67.0 Å². The van der Waals surface area contributed by atoms with Crippen molar-refractivity contribution in [2.24, 2.45) is 0 Å². The number of nitrogens with zero attached hydrogens (tertiary/aromatic N) is 2. The van der Waals surface area contributed by atoms with Crippen molar-refractivity contribution >= 4 is 43.6 Å². The predicted octanol–water partition coefficient (Wildman–Crippen LogP) is 19.5. The molecule has 0 amide bonds. The van der Waals surface area contributed by atoms with E-state index in [0.717, 1.165) is 100 Å². The minimum Gasteiger partial charge on any atom is -0.308 e. The number of hydrogen-bond acceptors (Lipinski definition) is 0. The van der Waals surface area contributed by atoms with Gasteiger partial charge in [-0.1, -0.05) is 158 Å². The van der Waals surface area contributed by atoms with Crippen molar-refractivity contribution < 1.29 is 26.3 Å². The first-order chi connectivity index (χ1) is 35.6. The summed E-state index contributed by atoms with van der Waals surface area (Å²) in [7, 11) is 0. The number of benzene rings is 10. The van der Waals surface area contributed by atoms with Crippen LogP contribution in [0.5, 0.6) is 0 Å². The van der Waals surface area contributed by atoms with Crippen LogP contribution in [0.2, 0.25) is 0 Å². The summed E-state index contributed by atoms with van der Waals surface area (Å²) < 4.78 is 99.2. The number of alkyl halides is 6. The SMILES string of the molecule is Cc1ccccc1-c1ccc2c3ccc(-c4ccccc4C)cc3n(-c3cc(-c4cccc(C(F)(F)F)c4)cc(-n4c5cc(-c6ccccc6C)ccc5c5ccc(-c6ccccc6C)cc54)c3C(F)(F)F)c2c1. The van der Waals surface area contributed by atoms with Gasteiger partial charge >= 0.3 is 12.4 Å². The molecule has 0 unspecified atom stereocenters. The maximum Gasteiger partial charge on any atom is 0.420 e. The van der Waals surface area contributed by atoms with Crippen molar-refractivity contribution in [2.75, 3.05) is 0 Å². The lowest BCUT2D eigenvalue weighted by molar-refractivity contribution is -0.138. The average molecular weight is 981 g/mol. The number of hydrogen-bond donors (Lipinski definition) is 0. The van der Waals surface area contributed by atoms with Gasteiger partial charge in [0, 0.05) is 21.5 Å². The minimum atomic E-state index is -5.02. The molecule has 2 nitrogen and oxygen atoms in total. The highest BCUT2D eigenvalue weighted by Gasteiger charge is 2.40. The molecule has 0 bridgehead atoms. The van der Waals surface area contributed by atoms with Crippen molar-refractivity contribution in [3.05, 3.63) is 240 Å². The molecule has 0 N–H and O–H groups in total. The lowest BCUT2D eigenvalue weighted by Gasteiger charge is -2.24. The first-order valence-corrected chi connectivity index (χ1v) is 24.5. The Hall–Kier alpha value is -8.62. The fraction of sp³-hybridized carbons (Fsp3) is 0.0909. The van der Waals surface area contributed by atoms with Crippen LogP contribution in [0.3, 0.4) is 0 Å². The zero-order chi connectivity index (χ0) is 51.2. The highest BCUT2D eigenvalue weighted by molar-refractivity contribution is 6.13. The van der Waals surface area contributed by atoms with E-state index in [2.05, 4.69) is 0 Å². The lowest BCUT2D eigenvalue weighted by Crippen LogP contribution is -2.16. The van der Waals surface area contributed by atoms with Crippen molar-refractivity contribution in [1.82, 2.24) is 9.13 Å². The standard InChI is InChI=1S/C66H46F6N2/c1-39-14-5-9-20-50(39)44-24-28-54-55-29-25-45(51-21-10-6-15-40(51)2)34-59(55)73(58(54)33-44)62-37-48(43-18-13-19-49(32-43)65(67,68)69)38-63(64(62)66(70,71)72)74-60-35-46(52-22-11-7-16-41(52)3)26-30-56(60)57-31-27-47(36-61(57)74)53-23-12-8-17-42(53)4/h5-38H,1-4H3. The maximum atomic E-state index is 17.3. The van der Waals surface area contributed by atoms with E-state index in [9.17, 15) is 13.2 Å². The molecule has 74 heavy (non-hydrogen) atoms. The molecule has 0 saturated carbocycles. The van der Waals surface area contributed by atoms with E-state index >= 15 is 13.2 Å². The molecule has 12 aromatic rings. The third-order valence-electron chi connectivity index (χ3n) is 14.7. The molecule has 0 atom stereocenters. The fourth-order valence-electron chi connectivity index (χ4n) is 11.1. The monoisotopic (exact) mass is 980 g/mol. The summed E-state index contributed by atoms with van der Waals surface area (Å²) >= 11 is 0. The molecule has 0 radical (unpaired) electrons. The van der Waals surface area contributed by atoms with E-state index in [1.54, 1.807) is 9.13 Å². The molecule has 2 aromatic heterocycles. The molecule has 0 spiro atoms. The van der Waals surface area contributed by atoms with Gasteiger partial charge in [0.15, 0.2) is 0 Å². The van der Waals surface area contributed by atoms with E-state index in [-0.39, 0.29) is 22.5 Å². The number of halogens is 6. The molecule has 0 aliphatic heterocycles. The van der Waals surface area contributed by atoms with Gasteiger partial charge < -0.3 is 9.13 Å². The normalized spacial score (nSPS) is 12.2. The Morgan fingerprint density at radius 3 is 0.905 bits per heavy atom. The second-order valence-electron chi connectivity index (χ2n) is 19.3. The summed E-state index contributed by atoms with van der Waals surface area (Å²) in [6, 6.07) is 62.7. The van der Waals surface area contributed by atoms with E-state index in [0.29, 0.717) is 22.1 Å². The Morgan fingerprint density at radius 1 is 0.284 bits per heavy atom. The van der Waals surface area contributed by atoms with Crippen molar-refractivity contribution in [3.63, 3.8) is 0 Å². The smallest absolute Gasteiger partial charge is 0.308 e. The van der Waals surface area contributed by atoms with Gasteiger partial charge in [0.05, 0.1) is 39.0 Å². The van der Waals surface area contributed by atoms with E-state index < -0.39 is 23.5 Å². The Kier molecular flexibility index (Phi) is 11.0. The van der Waals surface area contributed by atoms with Gasteiger partial charge in [-0.15, -0.1) is 0 Å². The number of rotatable bonds is 7. The van der Waals surface area contributed by atoms with Crippen LogP contribution in [0, 0.1) is 27.7 Å². The van der Waals surface area contributed by atoms with Crippen molar-refractivity contribution in [2.45, 2.75) is 40.0 Å². The summed E-state index contributed by atoms with van der Waals surface area (Å²) in [6.07, 6.45) is -9.74. The third-order valence-corrected chi connectivity index (χ3v) is 14.7. The molecule has 2 heterocycles. The number of fused-ring (bicyclic) bond motifs is 6. The summed E-state index contributed by atoms with van der Waals surface area (Å²) in [5.41, 5.74) is 10.8. The summed E-state index contributed by atoms with van der Waals surface area (Å²) in [5, 5.41) is 2.87. The third kappa shape index (κ3) is 7.84. The van der Waals surface area contributed by atoms with Crippen LogP contribution >= 0.6 is 0 Å². The molecule has 0 aliphatic rings.